The molecule has 6 heteroatoms. The summed E-state index contributed by atoms with van der Waals surface area (Å²) in [6, 6.07) is 3.40. The van der Waals surface area contributed by atoms with Crippen LogP contribution in [-0.4, -0.2) is 41.7 Å². The second kappa shape index (κ2) is 7.43. The van der Waals surface area contributed by atoms with Crippen molar-refractivity contribution in [1.29, 1.82) is 0 Å². The van der Waals surface area contributed by atoms with E-state index in [1.165, 1.54) is 12.1 Å². The number of carbonyl (C=O) groups is 1. The van der Waals surface area contributed by atoms with Crippen LogP contribution in [0.3, 0.4) is 0 Å². The standard InChI is InChI=1S/C13H18ClFN2O2/c1-3-17(6-7-18)9(2)13(19)16-12-5-4-10(15)8-11(12)14/h4-5,8-9,18H,3,6-7H2,1-2H3,(H,16,19). The van der Waals surface area contributed by atoms with Crippen molar-refractivity contribution in [1.82, 2.24) is 4.90 Å². The van der Waals surface area contributed by atoms with Gasteiger partial charge in [0.15, 0.2) is 0 Å². The number of aliphatic hydroxyl groups excluding tert-OH is 1. The van der Waals surface area contributed by atoms with E-state index in [0.717, 1.165) is 6.07 Å². The largest absolute Gasteiger partial charge is 0.395 e. The molecule has 2 N–H and O–H groups in total. The molecule has 0 aliphatic heterocycles. The van der Waals surface area contributed by atoms with Crippen molar-refractivity contribution in [2.24, 2.45) is 0 Å². The summed E-state index contributed by atoms with van der Waals surface area (Å²) in [6.07, 6.45) is 0. The van der Waals surface area contributed by atoms with Gasteiger partial charge in [0.2, 0.25) is 5.91 Å². The summed E-state index contributed by atoms with van der Waals surface area (Å²) in [5.41, 5.74) is 0.375. The molecule has 0 aromatic heterocycles. The number of hydrogen-bond acceptors (Lipinski definition) is 3. The molecule has 1 aromatic carbocycles. The van der Waals surface area contributed by atoms with Gasteiger partial charge >= 0.3 is 0 Å². The van der Waals surface area contributed by atoms with Crippen molar-refractivity contribution >= 4 is 23.2 Å². The van der Waals surface area contributed by atoms with Crippen LogP contribution in [0.15, 0.2) is 18.2 Å². The highest BCUT2D eigenvalue weighted by atomic mass is 35.5. The van der Waals surface area contributed by atoms with Crippen LogP contribution >= 0.6 is 11.6 Å². The second-order valence-corrected chi connectivity index (χ2v) is 4.55. The molecule has 1 aromatic rings. The topological polar surface area (TPSA) is 52.6 Å². The Morgan fingerprint density at radius 3 is 2.79 bits per heavy atom. The number of nitrogens with one attached hydrogen (secondary N) is 1. The molecule has 4 nitrogen and oxygen atoms in total. The molecule has 0 spiro atoms. The summed E-state index contributed by atoms with van der Waals surface area (Å²) in [7, 11) is 0. The van der Waals surface area contributed by atoms with Crippen LogP contribution in [0.25, 0.3) is 0 Å². The fourth-order valence-corrected chi connectivity index (χ4v) is 1.96. The number of rotatable bonds is 6. The zero-order valence-corrected chi connectivity index (χ0v) is 11.7. The van der Waals surface area contributed by atoms with Gasteiger partial charge in [-0.2, -0.15) is 0 Å². The van der Waals surface area contributed by atoms with Gasteiger partial charge in [-0.15, -0.1) is 0 Å². The molecule has 1 unspecified atom stereocenters. The molecule has 106 valence electrons. The number of amides is 1. The normalized spacial score (nSPS) is 12.5. The number of anilines is 1. The minimum atomic E-state index is -0.452. The van der Waals surface area contributed by atoms with E-state index in [9.17, 15) is 9.18 Å². The van der Waals surface area contributed by atoms with Gasteiger partial charge in [0.1, 0.15) is 5.82 Å². The molecule has 0 saturated carbocycles. The Morgan fingerprint density at radius 2 is 2.26 bits per heavy atom. The summed E-state index contributed by atoms with van der Waals surface area (Å²) >= 11 is 5.84. The van der Waals surface area contributed by atoms with Gasteiger partial charge in [-0.3, -0.25) is 9.69 Å². The molecule has 0 radical (unpaired) electrons. The predicted molar refractivity (Wildman–Crippen MR) is 73.8 cm³/mol. The van der Waals surface area contributed by atoms with Crippen molar-refractivity contribution in [2.45, 2.75) is 19.9 Å². The minimum Gasteiger partial charge on any atom is -0.395 e. The molecule has 1 rings (SSSR count). The minimum absolute atomic E-state index is 0.0111. The zero-order valence-electron chi connectivity index (χ0n) is 11.0. The lowest BCUT2D eigenvalue weighted by Gasteiger charge is -2.26. The van der Waals surface area contributed by atoms with Crippen LogP contribution in [0.5, 0.6) is 0 Å². The van der Waals surface area contributed by atoms with Gasteiger partial charge in [-0.05, 0) is 31.7 Å². The van der Waals surface area contributed by atoms with Crippen LogP contribution < -0.4 is 5.32 Å². The number of nitrogens with zero attached hydrogens (tertiary/aromatic N) is 1. The summed E-state index contributed by atoms with van der Waals surface area (Å²) < 4.78 is 12.9. The van der Waals surface area contributed by atoms with Crippen LogP contribution in [-0.2, 0) is 4.79 Å². The monoisotopic (exact) mass is 288 g/mol. The molecule has 19 heavy (non-hydrogen) atoms. The van der Waals surface area contributed by atoms with E-state index in [4.69, 9.17) is 16.7 Å². The lowest BCUT2D eigenvalue weighted by Crippen LogP contribution is -2.43. The van der Waals surface area contributed by atoms with Crippen LogP contribution in [0.2, 0.25) is 5.02 Å². The van der Waals surface area contributed by atoms with Gasteiger partial charge in [-0.1, -0.05) is 18.5 Å². The average molecular weight is 289 g/mol. The Morgan fingerprint density at radius 1 is 1.58 bits per heavy atom. The second-order valence-electron chi connectivity index (χ2n) is 4.14. The van der Waals surface area contributed by atoms with Crippen molar-refractivity contribution in [3.05, 3.63) is 29.0 Å². The fraction of sp³-hybridized carbons (Fsp3) is 0.462. The van der Waals surface area contributed by atoms with E-state index in [1.807, 2.05) is 11.8 Å². The number of aliphatic hydroxyl groups is 1. The highest BCUT2D eigenvalue weighted by Crippen LogP contribution is 2.22. The zero-order chi connectivity index (χ0) is 14.4. The van der Waals surface area contributed by atoms with E-state index >= 15 is 0 Å². The third-order valence-corrected chi connectivity index (χ3v) is 3.22. The third-order valence-electron chi connectivity index (χ3n) is 2.91. The molecule has 0 fully saturated rings. The summed E-state index contributed by atoms with van der Waals surface area (Å²) in [5, 5.41) is 11.7. The highest BCUT2D eigenvalue weighted by Gasteiger charge is 2.20. The maximum absolute atomic E-state index is 12.9. The maximum Gasteiger partial charge on any atom is 0.241 e. The molecule has 0 saturated heterocycles. The first kappa shape index (κ1) is 15.9. The fourth-order valence-electron chi connectivity index (χ4n) is 1.75. The Kier molecular flexibility index (Phi) is 6.21. The molecule has 1 atom stereocenters. The van der Waals surface area contributed by atoms with Gasteiger partial charge in [0.05, 0.1) is 23.4 Å². The maximum atomic E-state index is 12.9. The van der Waals surface area contributed by atoms with Crippen LogP contribution in [0.1, 0.15) is 13.8 Å². The predicted octanol–water partition coefficient (Wildman–Crippen LogP) is 2.12. The lowest BCUT2D eigenvalue weighted by atomic mass is 10.2. The highest BCUT2D eigenvalue weighted by molar-refractivity contribution is 6.33. The molecule has 0 aliphatic carbocycles. The molecule has 1 amide bonds. The van der Waals surface area contributed by atoms with E-state index in [2.05, 4.69) is 5.32 Å². The van der Waals surface area contributed by atoms with E-state index < -0.39 is 11.9 Å². The Hall–Kier alpha value is -1.17. The SMILES string of the molecule is CCN(CCO)C(C)C(=O)Nc1ccc(F)cc1Cl. The van der Waals surface area contributed by atoms with Crippen molar-refractivity contribution in [3.63, 3.8) is 0 Å². The quantitative estimate of drug-likeness (QED) is 0.843. The van der Waals surface area contributed by atoms with Crippen molar-refractivity contribution in [2.75, 3.05) is 25.0 Å². The Bertz CT molecular complexity index is 443. The third kappa shape index (κ3) is 4.45. The number of carbonyl (C=O) groups excluding carboxylic acids is 1. The van der Waals surface area contributed by atoms with Gasteiger partial charge in [0, 0.05) is 6.54 Å². The molecule has 0 bridgehead atoms. The number of hydrogen-bond donors (Lipinski definition) is 2. The number of benzene rings is 1. The molecular weight excluding hydrogens is 271 g/mol. The lowest BCUT2D eigenvalue weighted by molar-refractivity contribution is -0.120. The molecular formula is C13H18ClFN2O2. The van der Waals surface area contributed by atoms with Gasteiger partial charge < -0.3 is 10.4 Å². The Labute approximate surface area is 117 Å². The van der Waals surface area contributed by atoms with E-state index in [1.54, 1.807) is 6.92 Å². The first-order valence-corrected chi connectivity index (χ1v) is 6.48. The number of halogens is 2. The van der Waals surface area contributed by atoms with Crippen LogP contribution in [0.4, 0.5) is 10.1 Å². The molecule has 0 aliphatic rings. The first-order valence-electron chi connectivity index (χ1n) is 6.10. The van der Waals surface area contributed by atoms with Crippen LogP contribution in [0, 0.1) is 5.82 Å². The Balaban J connectivity index is 2.72. The van der Waals surface area contributed by atoms with E-state index in [-0.39, 0.29) is 17.5 Å². The van der Waals surface area contributed by atoms with Gasteiger partial charge in [-0.25, -0.2) is 4.39 Å². The van der Waals surface area contributed by atoms with Gasteiger partial charge in [0.25, 0.3) is 0 Å². The first-order chi connectivity index (χ1) is 8.99. The summed E-state index contributed by atoms with van der Waals surface area (Å²) in [5.74, 6) is -0.699. The average Bonchev–Trinajstić information content (AvgIpc) is 2.38. The molecule has 0 heterocycles. The summed E-state index contributed by atoms with van der Waals surface area (Å²) in [4.78, 5) is 13.9. The van der Waals surface area contributed by atoms with Crippen molar-refractivity contribution in [3.8, 4) is 0 Å². The van der Waals surface area contributed by atoms with E-state index in [0.29, 0.717) is 18.8 Å². The van der Waals surface area contributed by atoms with Crippen molar-refractivity contribution < 1.29 is 14.3 Å². The number of likely N-dealkylation sites (N-methyl/N-ethyl adjacent to an activating group) is 1. The smallest absolute Gasteiger partial charge is 0.241 e. The summed E-state index contributed by atoms with van der Waals surface area (Å²) in [6.45, 7) is 4.70.